The molecule has 0 spiro atoms. The minimum absolute atomic E-state index is 0.630. The van der Waals surface area contributed by atoms with Gasteiger partial charge in [0.15, 0.2) is 0 Å². The fraction of sp³-hybridized carbons (Fsp3) is 0.778. The average Bonchev–Trinajstić information content (AvgIpc) is 2.35. The van der Waals surface area contributed by atoms with E-state index in [-0.39, 0.29) is 0 Å². The lowest BCUT2D eigenvalue weighted by Gasteiger charge is -2.15. The molecule has 1 fully saturated rings. The molecule has 2 nitrogen and oxygen atoms in total. The minimum Gasteiger partial charge on any atom is -0.327 e. The molecule has 0 bridgehead atoms. The summed E-state index contributed by atoms with van der Waals surface area (Å²) in [6.45, 7) is 10.3. The third kappa shape index (κ3) is 2.64. The molecular formula is C9H18N2. The summed E-state index contributed by atoms with van der Waals surface area (Å²) in [5.41, 5.74) is 6.61. The van der Waals surface area contributed by atoms with Gasteiger partial charge >= 0.3 is 0 Å². The maximum atomic E-state index is 5.46. The first-order valence-corrected chi connectivity index (χ1v) is 4.31. The molecule has 0 radical (unpaired) electrons. The molecule has 0 aromatic rings. The van der Waals surface area contributed by atoms with Crippen LogP contribution in [0, 0.1) is 5.92 Å². The highest BCUT2D eigenvalue weighted by Crippen LogP contribution is 2.15. The normalized spacial score (nSPS) is 25.8. The smallest absolute Gasteiger partial charge is 0.0202 e. The first-order valence-electron chi connectivity index (χ1n) is 4.31. The van der Waals surface area contributed by atoms with Crippen molar-refractivity contribution in [3.05, 3.63) is 12.2 Å². The zero-order chi connectivity index (χ0) is 8.27. The minimum atomic E-state index is 0.630. The molecule has 0 saturated carbocycles. The summed E-state index contributed by atoms with van der Waals surface area (Å²) in [7, 11) is 0. The van der Waals surface area contributed by atoms with E-state index < -0.39 is 0 Å². The Bertz CT molecular complexity index is 142. The van der Waals surface area contributed by atoms with Gasteiger partial charge in [-0.2, -0.15) is 0 Å². The Hall–Kier alpha value is -0.340. The quantitative estimate of drug-likeness (QED) is 0.610. The van der Waals surface area contributed by atoms with Crippen LogP contribution in [0.15, 0.2) is 12.2 Å². The third-order valence-electron chi connectivity index (χ3n) is 2.24. The molecule has 0 aromatic heterocycles. The molecule has 11 heavy (non-hydrogen) atoms. The molecule has 64 valence electrons. The van der Waals surface area contributed by atoms with Crippen LogP contribution in [0.5, 0.6) is 0 Å². The maximum absolute atomic E-state index is 5.46. The highest BCUT2D eigenvalue weighted by Gasteiger charge is 2.17. The molecule has 1 aliphatic heterocycles. The van der Waals surface area contributed by atoms with E-state index in [0.29, 0.717) is 6.54 Å². The summed E-state index contributed by atoms with van der Waals surface area (Å²) < 4.78 is 0. The number of likely N-dealkylation sites (tertiary alicyclic amines) is 1. The van der Waals surface area contributed by atoms with E-state index in [1.165, 1.54) is 19.5 Å². The monoisotopic (exact) mass is 154 g/mol. The van der Waals surface area contributed by atoms with Crippen molar-refractivity contribution < 1.29 is 0 Å². The Morgan fingerprint density at radius 2 is 2.45 bits per heavy atom. The first kappa shape index (κ1) is 8.75. The molecule has 2 N–H and O–H groups in total. The Balaban J connectivity index is 2.23. The van der Waals surface area contributed by atoms with E-state index in [0.717, 1.165) is 18.0 Å². The van der Waals surface area contributed by atoms with Crippen molar-refractivity contribution in [2.75, 3.05) is 26.2 Å². The molecule has 1 atom stereocenters. The average molecular weight is 154 g/mol. The SMILES string of the molecule is C=C(CN)CN1CCC(C)C1. The van der Waals surface area contributed by atoms with Gasteiger partial charge in [0.25, 0.3) is 0 Å². The van der Waals surface area contributed by atoms with Crippen molar-refractivity contribution in [1.29, 1.82) is 0 Å². The van der Waals surface area contributed by atoms with Crippen molar-refractivity contribution in [2.45, 2.75) is 13.3 Å². The van der Waals surface area contributed by atoms with Crippen molar-refractivity contribution in [3.63, 3.8) is 0 Å². The summed E-state index contributed by atoms with van der Waals surface area (Å²) in [5.74, 6) is 0.862. The lowest BCUT2D eigenvalue weighted by atomic mass is 10.2. The van der Waals surface area contributed by atoms with Crippen LogP contribution in [-0.4, -0.2) is 31.1 Å². The lowest BCUT2D eigenvalue weighted by molar-refractivity contribution is 0.355. The summed E-state index contributed by atoms with van der Waals surface area (Å²) in [6.07, 6.45) is 1.33. The van der Waals surface area contributed by atoms with Gasteiger partial charge in [-0.25, -0.2) is 0 Å². The Morgan fingerprint density at radius 1 is 1.73 bits per heavy atom. The fourth-order valence-corrected chi connectivity index (χ4v) is 1.55. The second kappa shape index (κ2) is 3.88. The molecule has 1 saturated heterocycles. The summed E-state index contributed by atoms with van der Waals surface area (Å²) in [5, 5.41) is 0. The van der Waals surface area contributed by atoms with Gasteiger partial charge in [0.2, 0.25) is 0 Å². The summed E-state index contributed by atoms with van der Waals surface area (Å²) in [4.78, 5) is 2.43. The summed E-state index contributed by atoms with van der Waals surface area (Å²) in [6, 6.07) is 0. The first-order chi connectivity index (χ1) is 5.22. The van der Waals surface area contributed by atoms with E-state index in [1.807, 2.05) is 0 Å². The second-order valence-electron chi connectivity index (χ2n) is 3.58. The Kier molecular flexibility index (Phi) is 3.09. The molecule has 1 unspecified atom stereocenters. The molecule has 0 aliphatic carbocycles. The fourth-order valence-electron chi connectivity index (χ4n) is 1.55. The molecule has 1 aliphatic rings. The third-order valence-corrected chi connectivity index (χ3v) is 2.24. The topological polar surface area (TPSA) is 29.3 Å². The van der Waals surface area contributed by atoms with Gasteiger partial charge in [-0.3, -0.25) is 4.90 Å². The van der Waals surface area contributed by atoms with Gasteiger partial charge in [-0.1, -0.05) is 13.5 Å². The van der Waals surface area contributed by atoms with Crippen molar-refractivity contribution in [1.82, 2.24) is 4.90 Å². The maximum Gasteiger partial charge on any atom is 0.0202 e. The van der Waals surface area contributed by atoms with Crippen molar-refractivity contribution in [2.24, 2.45) is 11.7 Å². The zero-order valence-electron chi connectivity index (χ0n) is 7.34. The van der Waals surface area contributed by atoms with E-state index in [4.69, 9.17) is 5.73 Å². The van der Waals surface area contributed by atoms with Gasteiger partial charge in [-0.15, -0.1) is 0 Å². The standard InChI is InChI=1S/C9H18N2/c1-8-3-4-11(6-8)7-9(2)5-10/h8H,2-7,10H2,1H3. The van der Waals surface area contributed by atoms with E-state index in [9.17, 15) is 0 Å². The molecule has 0 amide bonds. The molecule has 1 rings (SSSR count). The van der Waals surface area contributed by atoms with E-state index >= 15 is 0 Å². The Labute approximate surface area is 69.1 Å². The highest BCUT2D eigenvalue weighted by atomic mass is 15.1. The lowest BCUT2D eigenvalue weighted by Crippen LogP contribution is -2.25. The number of nitrogens with zero attached hydrogens (tertiary/aromatic N) is 1. The molecule has 0 aromatic carbocycles. The molecule has 1 heterocycles. The van der Waals surface area contributed by atoms with Crippen LogP contribution in [0.2, 0.25) is 0 Å². The van der Waals surface area contributed by atoms with Crippen LogP contribution < -0.4 is 5.73 Å². The van der Waals surface area contributed by atoms with Crippen LogP contribution >= 0.6 is 0 Å². The van der Waals surface area contributed by atoms with Crippen molar-refractivity contribution in [3.8, 4) is 0 Å². The van der Waals surface area contributed by atoms with Gasteiger partial charge in [0, 0.05) is 19.6 Å². The van der Waals surface area contributed by atoms with Crippen LogP contribution in [0.1, 0.15) is 13.3 Å². The van der Waals surface area contributed by atoms with Crippen LogP contribution in [-0.2, 0) is 0 Å². The number of nitrogens with two attached hydrogens (primary N) is 1. The van der Waals surface area contributed by atoms with Gasteiger partial charge in [0.1, 0.15) is 0 Å². The molecule has 2 heteroatoms. The van der Waals surface area contributed by atoms with E-state index in [2.05, 4.69) is 18.4 Å². The number of hydrogen-bond acceptors (Lipinski definition) is 2. The van der Waals surface area contributed by atoms with Gasteiger partial charge in [0.05, 0.1) is 0 Å². The van der Waals surface area contributed by atoms with E-state index in [1.54, 1.807) is 0 Å². The predicted octanol–water partition coefficient (Wildman–Crippen LogP) is 0.843. The second-order valence-corrected chi connectivity index (χ2v) is 3.58. The predicted molar refractivity (Wildman–Crippen MR) is 48.4 cm³/mol. The van der Waals surface area contributed by atoms with Gasteiger partial charge in [-0.05, 0) is 24.5 Å². The van der Waals surface area contributed by atoms with Crippen LogP contribution in [0.25, 0.3) is 0 Å². The Morgan fingerprint density at radius 3 is 2.91 bits per heavy atom. The summed E-state index contributed by atoms with van der Waals surface area (Å²) >= 11 is 0. The molecular weight excluding hydrogens is 136 g/mol. The zero-order valence-corrected chi connectivity index (χ0v) is 7.34. The van der Waals surface area contributed by atoms with Crippen LogP contribution in [0.4, 0.5) is 0 Å². The number of rotatable bonds is 3. The van der Waals surface area contributed by atoms with Gasteiger partial charge < -0.3 is 5.73 Å². The van der Waals surface area contributed by atoms with Crippen LogP contribution in [0.3, 0.4) is 0 Å². The number of hydrogen-bond donors (Lipinski definition) is 1. The largest absolute Gasteiger partial charge is 0.327 e. The van der Waals surface area contributed by atoms with Crippen molar-refractivity contribution >= 4 is 0 Å². The highest BCUT2D eigenvalue weighted by molar-refractivity contribution is 4.99.